The summed E-state index contributed by atoms with van der Waals surface area (Å²) < 4.78 is 32.9. The van der Waals surface area contributed by atoms with Crippen LogP contribution < -0.4 is 10.0 Å². The van der Waals surface area contributed by atoms with Gasteiger partial charge in [0.05, 0.1) is 6.26 Å². The Morgan fingerprint density at radius 2 is 2.18 bits per heavy atom. The number of furan rings is 1. The summed E-state index contributed by atoms with van der Waals surface area (Å²) in [6.07, 6.45) is 2.15. The van der Waals surface area contributed by atoms with Crippen LogP contribution in [0.3, 0.4) is 0 Å². The Morgan fingerprint density at radius 1 is 1.41 bits per heavy atom. The van der Waals surface area contributed by atoms with E-state index < -0.39 is 10.2 Å². The van der Waals surface area contributed by atoms with Gasteiger partial charge in [-0.3, -0.25) is 0 Å². The van der Waals surface area contributed by atoms with E-state index in [0.29, 0.717) is 39.1 Å². The third-order valence-electron chi connectivity index (χ3n) is 2.65. The first kappa shape index (κ1) is 12.6. The molecule has 7 heteroatoms. The summed E-state index contributed by atoms with van der Waals surface area (Å²) in [6, 6.07) is 3.62. The quantitative estimate of drug-likeness (QED) is 0.752. The largest absolute Gasteiger partial charge is 0.469 e. The Labute approximate surface area is 101 Å². The van der Waals surface area contributed by atoms with Crippen molar-refractivity contribution in [2.75, 3.05) is 32.7 Å². The van der Waals surface area contributed by atoms with Gasteiger partial charge in [0.25, 0.3) is 10.2 Å². The van der Waals surface area contributed by atoms with Crippen molar-refractivity contribution in [3.05, 3.63) is 24.2 Å². The Bertz CT molecular complexity index is 424. The predicted molar refractivity (Wildman–Crippen MR) is 63.8 cm³/mol. The van der Waals surface area contributed by atoms with Crippen molar-refractivity contribution >= 4 is 10.2 Å². The second kappa shape index (κ2) is 5.63. The smallest absolute Gasteiger partial charge is 0.279 e. The minimum absolute atomic E-state index is 0.361. The van der Waals surface area contributed by atoms with Crippen molar-refractivity contribution in [2.45, 2.75) is 6.42 Å². The van der Waals surface area contributed by atoms with E-state index in [0.717, 1.165) is 5.76 Å². The van der Waals surface area contributed by atoms with Crippen molar-refractivity contribution in [3.63, 3.8) is 0 Å². The highest BCUT2D eigenvalue weighted by atomic mass is 32.2. The van der Waals surface area contributed by atoms with E-state index in [1.807, 2.05) is 6.07 Å². The monoisotopic (exact) mass is 259 g/mol. The zero-order valence-corrected chi connectivity index (χ0v) is 10.4. The van der Waals surface area contributed by atoms with E-state index in [1.165, 1.54) is 4.31 Å². The molecule has 0 spiro atoms. The van der Waals surface area contributed by atoms with E-state index in [1.54, 1.807) is 12.3 Å². The molecule has 17 heavy (non-hydrogen) atoms. The first-order chi connectivity index (χ1) is 8.18. The number of nitrogens with one attached hydrogen (secondary N) is 2. The van der Waals surface area contributed by atoms with Crippen LogP contribution in [0.5, 0.6) is 0 Å². The summed E-state index contributed by atoms with van der Waals surface area (Å²) in [4.78, 5) is 0. The first-order valence-corrected chi connectivity index (χ1v) is 7.10. The van der Waals surface area contributed by atoms with Gasteiger partial charge in [-0.1, -0.05) is 0 Å². The lowest BCUT2D eigenvalue weighted by molar-refractivity contribution is 0.354. The zero-order valence-electron chi connectivity index (χ0n) is 9.55. The molecule has 0 aliphatic carbocycles. The third-order valence-corrected chi connectivity index (χ3v) is 4.27. The van der Waals surface area contributed by atoms with Crippen molar-refractivity contribution in [2.24, 2.45) is 0 Å². The molecule has 2 rings (SSSR count). The molecule has 1 aromatic rings. The van der Waals surface area contributed by atoms with E-state index in [4.69, 9.17) is 4.42 Å². The molecule has 1 aliphatic rings. The van der Waals surface area contributed by atoms with Gasteiger partial charge >= 0.3 is 0 Å². The average Bonchev–Trinajstić information content (AvgIpc) is 2.83. The average molecular weight is 259 g/mol. The topological polar surface area (TPSA) is 74.6 Å². The maximum absolute atomic E-state index is 11.9. The molecule has 2 heterocycles. The first-order valence-electron chi connectivity index (χ1n) is 5.66. The van der Waals surface area contributed by atoms with E-state index in [2.05, 4.69) is 10.0 Å². The van der Waals surface area contributed by atoms with E-state index in [9.17, 15) is 8.42 Å². The van der Waals surface area contributed by atoms with Gasteiger partial charge < -0.3 is 9.73 Å². The minimum atomic E-state index is -3.33. The summed E-state index contributed by atoms with van der Waals surface area (Å²) in [6.45, 7) is 2.82. The van der Waals surface area contributed by atoms with Gasteiger partial charge in [0, 0.05) is 39.1 Å². The fraction of sp³-hybridized carbons (Fsp3) is 0.600. The van der Waals surface area contributed by atoms with Crippen LogP contribution in [0.4, 0.5) is 0 Å². The molecular weight excluding hydrogens is 242 g/mol. The lowest BCUT2D eigenvalue weighted by Gasteiger charge is -2.26. The van der Waals surface area contributed by atoms with E-state index >= 15 is 0 Å². The van der Waals surface area contributed by atoms with Crippen molar-refractivity contribution in [1.29, 1.82) is 0 Å². The van der Waals surface area contributed by atoms with Crippen molar-refractivity contribution in [3.8, 4) is 0 Å². The van der Waals surface area contributed by atoms with Crippen LogP contribution in [-0.2, 0) is 16.6 Å². The molecule has 0 radical (unpaired) electrons. The summed E-state index contributed by atoms with van der Waals surface area (Å²) in [5.41, 5.74) is 0. The van der Waals surface area contributed by atoms with Crippen molar-refractivity contribution in [1.82, 2.24) is 14.3 Å². The zero-order chi connectivity index (χ0) is 12.1. The molecule has 1 aliphatic heterocycles. The molecular formula is C10H17N3O3S. The molecule has 0 bridgehead atoms. The number of piperazine rings is 1. The number of rotatable bonds is 5. The van der Waals surface area contributed by atoms with Gasteiger partial charge in [0.1, 0.15) is 5.76 Å². The molecule has 2 N–H and O–H groups in total. The maximum atomic E-state index is 11.9. The van der Waals surface area contributed by atoms with Gasteiger partial charge in [0.15, 0.2) is 0 Å². The van der Waals surface area contributed by atoms with Gasteiger partial charge in [0.2, 0.25) is 0 Å². The highest BCUT2D eigenvalue weighted by Gasteiger charge is 2.22. The molecule has 0 unspecified atom stereocenters. The van der Waals surface area contributed by atoms with E-state index in [-0.39, 0.29) is 0 Å². The summed E-state index contributed by atoms with van der Waals surface area (Å²) in [7, 11) is -3.33. The lowest BCUT2D eigenvalue weighted by Crippen LogP contribution is -2.50. The fourth-order valence-corrected chi connectivity index (χ4v) is 2.94. The predicted octanol–water partition coefficient (Wildman–Crippen LogP) is -0.438. The molecule has 1 saturated heterocycles. The summed E-state index contributed by atoms with van der Waals surface area (Å²) in [5.74, 6) is 0.785. The summed E-state index contributed by atoms with van der Waals surface area (Å²) in [5, 5.41) is 3.12. The molecule has 0 saturated carbocycles. The molecule has 0 aromatic carbocycles. The standard InChI is InChI=1S/C10H17N3O3S/c14-17(15,13-7-5-11-6-8-13)12-4-3-10-2-1-9-16-10/h1-2,9,11-12H,3-8H2. The second-order valence-corrected chi connectivity index (χ2v) is 5.63. The number of hydrogen-bond acceptors (Lipinski definition) is 4. The van der Waals surface area contributed by atoms with Crippen LogP contribution >= 0.6 is 0 Å². The molecule has 1 aromatic heterocycles. The van der Waals surface area contributed by atoms with Crippen LogP contribution in [0.15, 0.2) is 22.8 Å². The molecule has 0 atom stereocenters. The SMILES string of the molecule is O=S(=O)(NCCc1ccco1)N1CCNCC1. The normalized spacial score (nSPS) is 18.4. The highest BCUT2D eigenvalue weighted by Crippen LogP contribution is 2.02. The van der Waals surface area contributed by atoms with Crippen LogP contribution in [0.2, 0.25) is 0 Å². The second-order valence-electron chi connectivity index (χ2n) is 3.88. The number of nitrogens with zero attached hydrogens (tertiary/aromatic N) is 1. The molecule has 96 valence electrons. The van der Waals surface area contributed by atoms with Crippen molar-refractivity contribution < 1.29 is 12.8 Å². The highest BCUT2D eigenvalue weighted by molar-refractivity contribution is 7.87. The number of hydrogen-bond donors (Lipinski definition) is 2. The Balaban J connectivity index is 1.80. The maximum Gasteiger partial charge on any atom is 0.279 e. The summed E-state index contributed by atoms with van der Waals surface area (Å²) >= 11 is 0. The third kappa shape index (κ3) is 3.53. The van der Waals surface area contributed by atoms with Gasteiger partial charge in [-0.25, -0.2) is 4.72 Å². The fourth-order valence-electron chi connectivity index (χ4n) is 1.73. The molecule has 6 nitrogen and oxygen atoms in total. The van der Waals surface area contributed by atoms with Gasteiger partial charge in [-0.2, -0.15) is 12.7 Å². The van der Waals surface area contributed by atoms with Crippen LogP contribution in [0.25, 0.3) is 0 Å². The van der Waals surface area contributed by atoms with Gasteiger partial charge in [-0.15, -0.1) is 0 Å². The molecule has 1 fully saturated rings. The van der Waals surface area contributed by atoms with Crippen LogP contribution in [-0.4, -0.2) is 45.4 Å². The Hall–Kier alpha value is -0.890. The van der Waals surface area contributed by atoms with Crippen LogP contribution in [0.1, 0.15) is 5.76 Å². The van der Waals surface area contributed by atoms with Gasteiger partial charge in [-0.05, 0) is 12.1 Å². The minimum Gasteiger partial charge on any atom is -0.469 e. The molecule has 0 amide bonds. The van der Waals surface area contributed by atoms with Crippen LogP contribution in [0, 0.1) is 0 Å². The Morgan fingerprint density at radius 3 is 2.82 bits per heavy atom. The lowest BCUT2D eigenvalue weighted by atomic mass is 10.3. The Kier molecular flexibility index (Phi) is 4.16.